The summed E-state index contributed by atoms with van der Waals surface area (Å²) in [6.45, 7) is 2.11. The third-order valence-corrected chi connectivity index (χ3v) is 5.62. The topological polar surface area (TPSA) is 34.4 Å². The predicted molar refractivity (Wildman–Crippen MR) is 104 cm³/mol. The van der Waals surface area contributed by atoms with Crippen molar-refractivity contribution in [2.75, 3.05) is 0 Å². The summed E-state index contributed by atoms with van der Waals surface area (Å²) in [6.07, 6.45) is 1.78. The second-order valence-electron chi connectivity index (χ2n) is 5.68. The summed E-state index contributed by atoms with van der Waals surface area (Å²) in [5, 5.41) is 0.694. The quantitative estimate of drug-likeness (QED) is 0.430. The van der Waals surface area contributed by atoms with Gasteiger partial charge in [0.25, 0.3) is 0 Å². The summed E-state index contributed by atoms with van der Waals surface area (Å²) < 4.78 is 1.97. The number of hydrogen-bond acceptors (Lipinski definition) is 3. The molecule has 0 radical (unpaired) electrons. The van der Waals surface area contributed by atoms with E-state index in [1.54, 1.807) is 11.3 Å². The zero-order chi connectivity index (χ0) is 17.4. The zero-order valence-corrected chi connectivity index (χ0v) is 15.1. The van der Waals surface area contributed by atoms with E-state index in [1.165, 1.54) is 4.88 Å². The van der Waals surface area contributed by atoms with Gasteiger partial charge in [-0.1, -0.05) is 61.0 Å². The Morgan fingerprint density at radius 1 is 1.08 bits per heavy atom. The van der Waals surface area contributed by atoms with Gasteiger partial charge in [0.15, 0.2) is 11.2 Å². The van der Waals surface area contributed by atoms with Crippen LogP contribution in [0.2, 0.25) is 5.02 Å². The number of rotatable bonds is 4. The van der Waals surface area contributed by atoms with Crippen LogP contribution in [0.25, 0.3) is 27.5 Å². The van der Waals surface area contributed by atoms with Gasteiger partial charge < -0.3 is 0 Å². The maximum Gasteiger partial charge on any atom is 0.195 e. The monoisotopic (exact) mass is 366 g/mol. The van der Waals surface area contributed by atoms with E-state index in [2.05, 4.69) is 6.92 Å². The van der Waals surface area contributed by atoms with Gasteiger partial charge in [-0.3, -0.25) is 9.20 Å². The van der Waals surface area contributed by atoms with E-state index >= 15 is 0 Å². The third-order valence-electron chi connectivity index (χ3n) is 4.18. The number of nitrogens with zero attached hydrogens (tertiary/aromatic N) is 2. The molecule has 0 bridgehead atoms. The second-order valence-corrected chi connectivity index (χ2v) is 7.18. The van der Waals surface area contributed by atoms with Crippen molar-refractivity contribution in [1.82, 2.24) is 9.38 Å². The van der Waals surface area contributed by atoms with E-state index in [0.29, 0.717) is 10.7 Å². The molecule has 3 nitrogen and oxygen atoms in total. The average Bonchev–Trinajstić information content (AvgIpc) is 3.18. The maximum atomic E-state index is 11.9. The summed E-state index contributed by atoms with van der Waals surface area (Å²) >= 11 is 7.66. The molecule has 2 heterocycles. The van der Waals surface area contributed by atoms with Crippen molar-refractivity contribution in [2.45, 2.75) is 13.3 Å². The molecule has 0 atom stereocenters. The number of fused-ring (bicyclic) bond motifs is 1. The number of aldehydes is 1. The summed E-state index contributed by atoms with van der Waals surface area (Å²) in [6, 6.07) is 17.5. The van der Waals surface area contributed by atoms with Crippen LogP contribution in [0, 0.1) is 0 Å². The van der Waals surface area contributed by atoms with Crippen LogP contribution < -0.4 is 0 Å². The molecule has 0 aliphatic rings. The molecule has 0 saturated carbocycles. The second kappa shape index (κ2) is 6.47. The van der Waals surface area contributed by atoms with E-state index in [-0.39, 0.29) is 0 Å². The van der Waals surface area contributed by atoms with E-state index in [0.717, 1.165) is 40.2 Å². The highest BCUT2D eigenvalue weighted by molar-refractivity contribution is 7.17. The van der Waals surface area contributed by atoms with Gasteiger partial charge in [-0.15, -0.1) is 11.3 Å². The fraction of sp³-hybridized carbons (Fsp3) is 0.100. The summed E-state index contributed by atoms with van der Waals surface area (Å²) in [4.78, 5) is 18.7. The van der Waals surface area contributed by atoms with Crippen molar-refractivity contribution in [3.63, 3.8) is 0 Å². The fourth-order valence-corrected chi connectivity index (χ4v) is 4.25. The Morgan fingerprint density at radius 3 is 2.44 bits per heavy atom. The van der Waals surface area contributed by atoms with Crippen molar-refractivity contribution in [3.8, 4) is 22.5 Å². The number of carbonyl (C=O) groups is 1. The Kier molecular flexibility index (Phi) is 4.15. The highest BCUT2D eigenvalue weighted by Crippen LogP contribution is 2.36. The number of thiazole rings is 1. The first-order chi connectivity index (χ1) is 12.2. The Hall–Kier alpha value is -2.43. The van der Waals surface area contributed by atoms with Gasteiger partial charge in [-0.05, 0) is 24.1 Å². The summed E-state index contributed by atoms with van der Waals surface area (Å²) in [7, 11) is 0. The van der Waals surface area contributed by atoms with Crippen LogP contribution in [-0.2, 0) is 6.42 Å². The molecule has 5 heteroatoms. The lowest BCUT2D eigenvalue weighted by molar-refractivity contribution is 0.111. The van der Waals surface area contributed by atoms with E-state index in [1.807, 2.05) is 59.0 Å². The number of aryl methyl sites for hydroxylation is 1. The lowest BCUT2D eigenvalue weighted by atomic mass is 10.1. The fourth-order valence-electron chi connectivity index (χ4n) is 3.03. The van der Waals surface area contributed by atoms with Gasteiger partial charge in [0.2, 0.25) is 0 Å². The molecule has 0 N–H and O–H groups in total. The van der Waals surface area contributed by atoms with Crippen LogP contribution in [0.3, 0.4) is 0 Å². The van der Waals surface area contributed by atoms with Crippen LogP contribution in [0.15, 0.2) is 54.6 Å². The van der Waals surface area contributed by atoms with Crippen LogP contribution in [0.4, 0.5) is 0 Å². The van der Waals surface area contributed by atoms with Gasteiger partial charge in [-0.25, -0.2) is 4.98 Å². The summed E-state index contributed by atoms with van der Waals surface area (Å²) in [5.41, 5.74) is 4.31. The first-order valence-corrected chi connectivity index (χ1v) is 9.23. The molecule has 0 spiro atoms. The van der Waals surface area contributed by atoms with Crippen molar-refractivity contribution >= 4 is 34.2 Å². The van der Waals surface area contributed by atoms with E-state index < -0.39 is 0 Å². The number of halogens is 1. The highest BCUT2D eigenvalue weighted by atomic mass is 35.5. The Bertz CT molecular complexity index is 1050. The Balaban J connectivity index is 2.03. The molecular formula is C20H15ClN2OS. The molecule has 124 valence electrons. The molecule has 0 saturated heterocycles. The number of hydrogen-bond donors (Lipinski definition) is 0. The van der Waals surface area contributed by atoms with Gasteiger partial charge in [0, 0.05) is 15.5 Å². The molecule has 0 aliphatic carbocycles. The standard InChI is InChI=1S/C20H15ClN2OS/c1-2-17-19(14-8-10-15(21)11-9-14)23-16(12-24)18(22-20(23)25-17)13-6-4-3-5-7-13/h3-12H,2H2,1H3. The predicted octanol–water partition coefficient (Wildman–Crippen LogP) is 5.76. The van der Waals surface area contributed by atoms with Gasteiger partial charge in [0.05, 0.1) is 5.69 Å². The Morgan fingerprint density at radius 2 is 1.80 bits per heavy atom. The van der Waals surface area contributed by atoms with Crippen molar-refractivity contribution in [2.24, 2.45) is 0 Å². The SMILES string of the molecule is CCc1sc2nc(-c3ccccc3)c(C=O)n2c1-c1ccc(Cl)cc1. The minimum atomic E-state index is 0.585. The minimum Gasteiger partial charge on any atom is -0.296 e. The Labute approximate surface area is 154 Å². The number of carbonyl (C=O) groups excluding carboxylic acids is 1. The molecule has 0 amide bonds. The molecule has 0 unspecified atom stereocenters. The number of benzene rings is 2. The van der Waals surface area contributed by atoms with Crippen molar-refractivity contribution in [3.05, 3.63) is 70.2 Å². The number of aromatic nitrogens is 2. The van der Waals surface area contributed by atoms with Gasteiger partial charge >= 0.3 is 0 Å². The van der Waals surface area contributed by atoms with Crippen LogP contribution in [0.5, 0.6) is 0 Å². The largest absolute Gasteiger partial charge is 0.296 e. The normalized spacial score (nSPS) is 11.1. The highest BCUT2D eigenvalue weighted by Gasteiger charge is 2.21. The first kappa shape index (κ1) is 16.1. The smallest absolute Gasteiger partial charge is 0.195 e. The molecule has 2 aromatic heterocycles. The third kappa shape index (κ3) is 2.68. The van der Waals surface area contributed by atoms with E-state index in [9.17, 15) is 4.79 Å². The van der Waals surface area contributed by atoms with Crippen molar-refractivity contribution < 1.29 is 4.79 Å². The van der Waals surface area contributed by atoms with Crippen LogP contribution in [0.1, 0.15) is 22.3 Å². The first-order valence-electron chi connectivity index (χ1n) is 8.03. The summed E-state index contributed by atoms with van der Waals surface area (Å²) in [5.74, 6) is 0. The molecule has 0 aliphatic heterocycles. The molecule has 4 rings (SSSR count). The molecule has 0 fully saturated rings. The lowest BCUT2D eigenvalue weighted by Crippen LogP contribution is -1.96. The molecule has 2 aromatic carbocycles. The maximum absolute atomic E-state index is 11.9. The molecule has 4 aromatic rings. The van der Waals surface area contributed by atoms with Crippen LogP contribution in [-0.4, -0.2) is 15.7 Å². The minimum absolute atomic E-state index is 0.585. The number of imidazole rings is 1. The van der Waals surface area contributed by atoms with Crippen molar-refractivity contribution in [1.29, 1.82) is 0 Å². The molecular weight excluding hydrogens is 352 g/mol. The van der Waals surface area contributed by atoms with E-state index in [4.69, 9.17) is 16.6 Å². The zero-order valence-electron chi connectivity index (χ0n) is 13.6. The van der Waals surface area contributed by atoms with Crippen LogP contribution >= 0.6 is 22.9 Å². The lowest BCUT2D eigenvalue weighted by Gasteiger charge is -2.06. The van der Waals surface area contributed by atoms with Gasteiger partial charge in [-0.2, -0.15) is 0 Å². The van der Waals surface area contributed by atoms with Gasteiger partial charge in [0.1, 0.15) is 11.4 Å². The molecule has 25 heavy (non-hydrogen) atoms. The average molecular weight is 367 g/mol.